The number of hydrogen-bond acceptors (Lipinski definition) is 4. The predicted octanol–water partition coefficient (Wildman–Crippen LogP) is 5.79. The van der Waals surface area contributed by atoms with Crippen LogP contribution in [0.5, 0.6) is 0 Å². The highest BCUT2D eigenvalue weighted by Crippen LogP contribution is 2.45. The highest BCUT2D eigenvalue weighted by atomic mass is 16.5. The van der Waals surface area contributed by atoms with Crippen LogP contribution >= 0.6 is 0 Å². The normalized spacial score (nSPS) is 13.2. The summed E-state index contributed by atoms with van der Waals surface area (Å²) >= 11 is 0. The molecular weight excluding hydrogens is 372 g/mol. The van der Waals surface area contributed by atoms with Crippen LogP contribution < -0.4 is 0 Å². The summed E-state index contributed by atoms with van der Waals surface area (Å²) in [5, 5.41) is 0.904. The molecule has 2 heterocycles. The Labute approximate surface area is 174 Å². The first-order chi connectivity index (χ1) is 14.6. The Morgan fingerprint density at radius 1 is 0.833 bits per heavy atom. The van der Waals surface area contributed by atoms with E-state index in [2.05, 4.69) is 4.98 Å². The lowest BCUT2D eigenvalue weighted by Crippen LogP contribution is -2.04. The number of ether oxygens (including phenoxy) is 1. The zero-order valence-electron chi connectivity index (χ0n) is 16.8. The van der Waals surface area contributed by atoms with E-state index in [1.807, 2.05) is 80.6 Å². The van der Waals surface area contributed by atoms with Crippen LogP contribution in [0.15, 0.2) is 79.1 Å². The molecule has 0 radical (unpaired) electrons. The van der Waals surface area contributed by atoms with Gasteiger partial charge in [0, 0.05) is 17.1 Å². The zero-order valence-corrected chi connectivity index (χ0v) is 16.8. The van der Waals surface area contributed by atoms with Gasteiger partial charge in [-0.1, -0.05) is 60.7 Å². The molecule has 0 spiro atoms. The Hall–Kier alpha value is -3.79. The lowest BCUT2D eigenvalue weighted by Gasteiger charge is -2.15. The van der Waals surface area contributed by atoms with E-state index in [4.69, 9.17) is 9.72 Å². The first-order valence-corrected chi connectivity index (χ1v) is 9.99. The molecule has 4 heteroatoms. The largest absolute Gasteiger partial charge is 0.488 e. The van der Waals surface area contributed by atoms with Crippen LogP contribution in [-0.2, 0) is 4.74 Å². The third kappa shape index (κ3) is 2.89. The molecule has 2 aromatic carbocycles. The van der Waals surface area contributed by atoms with E-state index < -0.39 is 0 Å². The van der Waals surface area contributed by atoms with Crippen molar-refractivity contribution >= 4 is 28.0 Å². The van der Waals surface area contributed by atoms with E-state index in [1.54, 1.807) is 12.4 Å². The molecule has 1 aliphatic carbocycles. The standard InChI is InChI=1S/C26H20N2O2/c1-16(2)30-26-22(18-11-7-4-8-12-18)25(29)23-21(17-9-5-3-6-10-17)19-13-14-27-15-20(19)28-24(23)26/h3-16H,1-2H3. The molecule has 0 aliphatic heterocycles. The van der Waals surface area contributed by atoms with Gasteiger partial charge in [0.05, 0.1) is 29.0 Å². The van der Waals surface area contributed by atoms with Gasteiger partial charge in [-0.25, -0.2) is 4.98 Å². The molecule has 0 N–H and O–H groups in total. The van der Waals surface area contributed by atoms with Gasteiger partial charge >= 0.3 is 0 Å². The first-order valence-electron chi connectivity index (χ1n) is 9.99. The summed E-state index contributed by atoms with van der Waals surface area (Å²) < 4.78 is 6.19. The minimum atomic E-state index is -0.0935. The van der Waals surface area contributed by atoms with Crippen LogP contribution in [0.4, 0.5) is 0 Å². The van der Waals surface area contributed by atoms with Gasteiger partial charge in [-0.3, -0.25) is 9.78 Å². The van der Waals surface area contributed by atoms with Crippen molar-refractivity contribution in [1.29, 1.82) is 0 Å². The maximum atomic E-state index is 13.8. The Balaban J connectivity index is 1.87. The molecule has 2 aromatic heterocycles. The number of carbonyl (C=O) groups excluding carboxylic acids is 1. The number of allylic oxidation sites excluding steroid dienone is 1. The number of fused-ring (bicyclic) bond motifs is 2. The lowest BCUT2D eigenvalue weighted by atomic mass is 9.93. The average molecular weight is 392 g/mol. The van der Waals surface area contributed by atoms with Crippen LogP contribution in [0.1, 0.15) is 35.5 Å². The molecule has 146 valence electrons. The number of carbonyl (C=O) groups is 1. The van der Waals surface area contributed by atoms with E-state index in [0.29, 0.717) is 22.6 Å². The van der Waals surface area contributed by atoms with Gasteiger partial charge in [0.15, 0.2) is 11.5 Å². The summed E-state index contributed by atoms with van der Waals surface area (Å²) in [7, 11) is 0. The molecule has 4 nitrogen and oxygen atoms in total. The molecule has 0 saturated heterocycles. The van der Waals surface area contributed by atoms with Gasteiger partial charge in [0.2, 0.25) is 0 Å². The third-order valence-electron chi connectivity index (χ3n) is 5.16. The molecule has 0 atom stereocenters. The van der Waals surface area contributed by atoms with E-state index in [1.165, 1.54) is 0 Å². The maximum Gasteiger partial charge on any atom is 0.200 e. The van der Waals surface area contributed by atoms with Crippen LogP contribution in [0.2, 0.25) is 0 Å². The van der Waals surface area contributed by atoms with Crippen LogP contribution in [0.25, 0.3) is 33.4 Å². The van der Waals surface area contributed by atoms with Gasteiger partial charge in [-0.15, -0.1) is 0 Å². The molecule has 0 saturated carbocycles. The van der Waals surface area contributed by atoms with Gasteiger partial charge in [-0.05, 0) is 31.0 Å². The van der Waals surface area contributed by atoms with E-state index in [0.717, 1.165) is 27.6 Å². The van der Waals surface area contributed by atoms with Crippen molar-refractivity contribution in [3.8, 4) is 11.1 Å². The Morgan fingerprint density at radius 3 is 2.17 bits per heavy atom. The lowest BCUT2D eigenvalue weighted by molar-refractivity contribution is 0.105. The van der Waals surface area contributed by atoms with Crippen molar-refractivity contribution in [3.05, 3.63) is 95.9 Å². The summed E-state index contributed by atoms with van der Waals surface area (Å²) in [5.74, 6) is 0.482. The smallest absolute Gasteiger partial charge is 0.200 e. The Bertz CT molecular complexity index is 1290. The summed E-state index contributed by atoms with van der Waals surface area (Å²) in [5.41, 5.74) is 5.16. The maximum absolute atomic E-state index is 13.8. The Kier molecular flexibility index (Phi) is 4.40. The third-order valence-corrected chi connectivity index (χ3v) is 5.16. The first kappa shape index (κ1) is 18.3. The predicted molar refractivity (Wildman–Crippen MR) is 119 cm³/mol. The van der Waals surface area contributed by atoms with Crippen LogP contribution in [0, 0.1) is 0 Å². The minimum Gasteiger partial charge on any atom is -0.488 e. The van der Waals surface area contributed by atoms with Crippen molar-refractivity contribution in [3.63, 3.8) is 0 Å². The van der Waals surface area contributed by atoms with E-state index in [9.17, 15) is 4.79 Å². The monoisotopic (exact) mass is 392 g/mol. The van der Waals surface area contributed by atoms with Crippen molar-refractivity contribution in [1.82, 2.24) is 9.97 Å². The fourth-order valence-corrected chi connectivity index (χ4v) is 3.97. The number of ketones is 1. The number of Topliss-reactive ketones (excluding diaryl/α,β-unsaturated/α-hetero) is 1. The number of nitrogens with zero attached hydrogens (tertiary/aromatic N) is 2. The molecule has 4 aromatic rings. The minimum absolute atomic E-state index is 0.0584. The molecule has 5 rings (SSSR count). The van der Waals surface area contributed by atoms with E-state index >= 15 is 0 Å². The second-order valence-electron chi connectivity index (χ2n) is 7.54. The number of benzene rings is 2. The quantitative estimate of drug-likeness (QED) is 0.441. The van der Waals surface area contributed by atoms with Crippen molar-refractivity contribution in [2.75, 3.05) is 0 Å². The number of aromatic nitrogens is 2. The second kappa shape index (κ2) is 7.23. The zero-order chi connectivity index (χ0) is 20.7. The van der Waals surface area contributed by atoms with Gasteiger partial charge in [0.1, 0.15) is 5.69 Å². The molecule has 0 fully saturated rings. The van der Waals surface area contributed by atoms with E-state index in [-0.39, 0.29) is 11.9 Å². The summed E-state index contributed by atoms with van der Waals surface area (Å²) in [6, 6.07) is 21.6. The SMILES string of the molecule is CC(C)OC1=C(c2ccccc2)C(=O)c2c1nc1cnccc1c2-c1ccccc1. The second-order valence-corrected chi connectivity index (χ2v) is 7.54. The topological polar surface area (TPSA) is 52.1 Å². The molecule has 0 bridgehead atoms. The molecule has 30 heavy (non-hydrogen) atoms. The molecule has 0 amide bonds. The highest BCUT2D eigenvalue weighted by molar-refractivity contribution is 6.41. The fourth-order valence-electron chi connectivity index (χ4n) is 3.97. The van der Waals surface area contributed by atoms with Gasteiger partial charge in [-0.2, -0.15) is 0 Å². The van der Waals surface area contributed by atoms with Crippen molar-refractivity contribution in [2.45, 2.75) is 20.0 Å². The summed E-state index contributed by atoms with van der Waals surface area (Å²) in [6.45, 7) is 3.91. The van der Waals surface area contributed by atoms with Gasteiger partial charge in [0.25, 0.3) is 0 Å². The Morgan fingerprint density at radius 2 is 1.50 bits per heavy atom. The highest BCUT2D eigenvalue weighted by Gasteiger charge is 2.37. The van der Waals surface area contributed by atoms with Crippen LogP contribution in [-0.4, -0.2) is 21.9 Å². The number of pyridine rings is 2. The molecule has 0 unspecified atom stereocenters. The summed E-state index contributed by atoms with van der Waals surface area (Å²) in [4.78, 5) is 22.9. The van der Waals surface area contributed by atoms with Crippen molar-refractivity contribution < 1.29 is 9.53 Å². The number of hydrogen-bond donors (Lipinski definition) is 0. The fraction of sp³-hybridized carbons (Fsp3) is 0.115. The van der Waals surface area contributed by atoms with Crippen LogP contribution in [0.3, 0.4) is 0 Å². The number of rotatable bonds is 4. The van der Waals surface area contributed by atoms with Gasteiger partial charge < -0.3 is 4.74 Å². The summed E-state index contributed by atoms with van der Waals surface area (Å²) in [6.07, 6.45) is 3.38. The average Bonchev–Trinajstić information content (AvgIpc) is 3.04. The molecular formula is C26H20N2O2. The molecule has 1 aliphatic rings. The van der Waals surface area contributed by atoms with Crippen molar-refractivity contribution in [2.24, 2.45) is 0 Å².